The number of hydrogen-bond acceptors (Lipinski definition) is 3. The number of carbonyl (C=O) groups excluding carboxylic acids is 1. The van der Waals surface area contributed by atoms with E-state index in [2.05, 4.69) is 40.6 Å². The lowest BCUT2D eigenvalue weighted by Crippen LogP contribution is -2.43. The van der Waals surface area contributed by atoms with E-state index in [1.165, 1.54) is 12.0 Å². The topological polar surface area (TPSA) is 59.4 Å². The summed E-state index contributed by atoms with van der Waals surface area (Å²) in [4.78, 5) is 16.6. The van der Waals surface area contributed by atoms with Gasteiger partial charge in [-0.05, 0) is 48.6 Å². The molecule has 1 aliphatic rings. The van der Waals surface area contributed by atoms with Crippen LogP contribution in [0.4, 0.5) is 4.79 Å². The Bertz CT molecular complexity index is 815. The fraction of sp³-hybridized carbons (Fsp3) is 0.391. The third kappa shape index (κ3) is 5.83. The van der Waals surface area contributed by atoms with Crippen molar-refractivity contribution in [3.8, 4) is 6.07 Å². The average molecular weight is 377 g/mol. The molecule has 1 saturated heterocycles. The van der Waals surface area contributed by atoms with Crippen molar-refractivity contribution in [2.75, 3.05) is 26.7 Å². The molecule has 0 aliphatic carbocycles. The highest BCUT2D eigenvalue weighted by Gasteiger charge is 2.21. The van der Waals surface area contributed by atoms with Crippen molar-refractivity contribution in [3.05, 3.63) is 71.3 Å². The van der Waals surface area contributed by atoms with E-state index in [1.807, 2.05) is 24.3 Å². The molecule has 0 bridgehead atoms. The van der Waals surface area contributed by atoms with Crippen molar-refractivity contribution in [1.82, 2.24) is 15.1 Å². The summed E-state index contributed by atoms with van der Waals surface area (Å²) in [6.45, 7) is 4.30. The quantitative estimate of drug-likeness (QED) is 0.838. The SMILES string of the molecule is CN(Cc1cccc(C#N)c1)C(=O)NC[C@H]1CCCN(Cc2ccccc2)C1. The third-order valence-corrected chi connectivity index (χ3v) is 5.22. The predicted octanol–water partition coefficient (Wildman–Crippen LogP) is 3.61. The van der Waals surface area contributed by atoms with E-state index in [9.17, 15) is 4.79 Å². The van der Waals surface area contributed by atoms with Crippen LogP contribution in [-0.4, -0.2) is 42.5 Å². The molecular weight excluding hydrogens is 348 g/mol. The highest BCUT2D eigenvalue weighted by Crippen LogP contribution is 2.18. The Morgan fingerprint density at radius 3 is 2.79 bits per heavy atom. The van der Waals surface area contributed by atoms with E-state index < -0.39 is 0 Å². The number of amides is 2. The number of rotatable bonds is 6. The number of hydrogen-bond donors (Lipinski definition) is 1. The van der Waals surface area contributed by atoms with Gasteiger partial charge in [-0.25, -0.2) is 4.79 Å². The second-order valence-corrected chi connectivity index (χ2v) is 7.58. The molecule has 146 valence electrons. The van der Waals surface area contributed by atoms with Gasteiger partial charge < -0.3 is 10.2 Å². The summed E-state index contributed by atoms with van der Waals surface area (Å²) in [7, 11) is 1.79. The molecule has 2 amide bonds. The minimum Gasteiger partial charge on any atom is -0.338 e. The number of urea groups is 1. The van der Waals surface area contributed by atoms with Crippen LogP contribution in [0, 0.1) is 17.2 Å². The number of likely N-dealkylation sites (tertiary alicyclic amines) is 1. The van der Waals surface area contributed by atoms with Crippen LogP contribution in [0.5, 0.6) is 0 Å². The fourth-order valence-electron chi connectivity index (χ4n) is 3.75. The van der Waals surface area contributed by atoms with Gasteiger partial charge in [0.25, 0.3) is 0 Å². The lowest BCUT2D eigenvalue weighted by Gasteiger charge is -2.33. The minimum absolute atomic E-state index is 0.0671. The molecule has 1 atom stereocenters. The van der Waals surface area contributed by atoms with Crippen molar-refractivity contribution in [2.24, 2.45) is 5.92 Å². The summed E-state index contributed by atoms with van der Waals surface area (Å²) in [5.41, 5.74) is 2.92. The summed E-state index contributed by atoms with van der Waals surface area (Å²) in [5.74, 6) is 0.483. The Kier molecular flexibility index (Phi) is 7.05. The van der Waals surface area contributed by atoms with Crippen LogP contribution in [0.1, 0.15) is 29.5 Å². The van der Waals surface area contributed by atoms with E-state index in [0.717, 1.165) is 31.6 Å². The van der Waals surface area contributed by atoms with Gasteiger partial charge in [0.2, 0.25) is 0 Å². The van der Waals surface area contributed by atoms with E-state index in [4.69, 9.17) is 5.26 Å². The Balaban J connectivity index is 1.45. The zero-order valence-electron chi connectivity index (χ0n) is 16.5. The van der Waals surface area contributed by atoms with E-state index in [1.54, 1.807) is 18.0 Å². The lowest BCUT2D eigenvalue weighted by molar-refractivity contribution is 0.161. The Morgan fingerprint density at radius 2 is 2.00 bits per heavy atom. The molecule has 2 aromatic carbocycles. The summed E-state index contributed by atoms with van der Waals surface area (Å²) in [6, 6.07) is 20.0. The molecule has 0 unspecified atom stereocenters. The first-order chi connectivity index (χ1) is 13.6. The van der Waals surface area contributed by atoms with E-state index >= 15 is 0 Å². The molecule has 5 nitrogen and oxygen atoms in total. The largest absolute Gasteiger partial charge is 0.338 e. The Morgan fingerprint density at radius 1 is 1.21 bits per heavy atom. The zero-order valence-corrected chi connectivity index (χ0v) is 16.5. The standard InChI is InChI=1S/C23H28N4O/c1-26(16-21-10-5-9-20(13-21)14-24)23(28)25-15-22-11-6-12-27(18-22)17-19-7-3-2-4-8-19/h2-5,7-10,13,22H,6,11-12,15-18H2,1H3,(H,25,28)/t22-/m1/s1. The van der Waals surface area contributed by atoms with E-state index in [-0.39, 0.29) is 6.03 Å². The molecule has 0 aromatic heterocycles. The molecular formula is C23H28N4O. The van der Waals surface area contributed by atoms with Crippen LogP contribution in [0.15, 0.2) is 54.6 Å². The van der Waals surface area contributed by atoms with Gasteiger partial charge in [0.1, 0.15) is 0 Å². The van der Waals surface area contributed by atoms with Crippen molar-refractivity contribution in [3.63, 3.8) is 0 Å². The number of nitrogens with zero attached hydrogens (tertiary/aromatic N) is 3. The number of piperidine rings is 1. The molecule has 28 heavy (non-hydrogen) atoms. The molecule has 5 heteroatoms. The lowest BCUT2D eigenvalue weighted by atomic mass is 9.97. The summed E-state index contributed by atoms with van der Waals surface area (Å²) < 4.78 is 0. The molecule has 0 saturated carbocycles. The molecule has 1 N–H and O–H groups in total. The average Bonchev–Trinajstić information content (AvgIpc) is 2.73. The van der Waals surface area contributed by atoms with Crippen molar-refractivity contribution >= 4 is 6.03 Å². The smallest absolute Gasteiger partial charge is 0.317 e. The van der Waals surface area contributed by atoms with Crippen LogP contribution in [0.2, 0.25) is 0 Å². The van der Waals surface area contributed by atoms with E-state index in [0.29, 0.717) is 24.6 Å². The molecule has 2 aromatic rings. The fourth-order valence-corrected chi connectivity index (χ4v) is 3.75. The summed E-state index contributed by atoms with van der Waals surface area (Å²) in [5, 5.41) is 12.1. The maximum Gasteiger partial charge on any atom is 0.317 e. The second kappa shape index (κ2) is 9.91. The van der Waals surface area contributed by atoms with Crippen molar-refractivity contribution in [1.29, 1.82) is 5.26 Å². The van der Waals surface area contributed by atoms with Gasteiger partial charge in [-0.1, -0.05) is 42.5 Å². The Hall–Kier alpha value is -2.84. The summed E-state index contributed by atoms with van der Waals surface area (Å²) >= 11 is 0. The summed E-state index contributed by atoms with van der Waals surface area (Å²) in [6.07, 6.45) is 2.32. The maximum absolute atomic E-state index is 12.5. The monoisotopic (exact) mass is 376 g/mol. The predicted molar refractivity (Wildman–Crippen MR) is 110 cm³/mol. The third-order valence-electron chi connectivity index (χ3n) is 5.22. The number of benzene rings is 2. The van der Waals surface area contributed by atoms with Gasteiger partial charge in [-0.15, -0.1) is 0 Å². The van der Waals surface area contributed by atoms with Gasteiger partial charge in [0, 0.05) is 33.2 Å². The highest BCUT2D eigenvalue weighted by atomic mass is 16.2. The van der Waals surface area contributed by atoms with Crippen LogP contribution in [-0.2, 0) is 13.1 Å². The first-order valence-electron chi connectivity index (χ1n) is 9.88. The normalized spacial score (nSPS) is 16.9. The number of nitriles is 1. The van der Waals surface area contributed by atoms with Crippen LogP contribution in [0.25, 0.3) is 0 Å². The molecule has 1 fully saturated rings. The van der Waals surface area contributed by atoms with Gasteiger partial charge in [-0.3, -0.25) is 4.90 Å². The number of nitrogens with one attached hydrogen (secondary N) is 1. The molecule has 1 heterocycles. The zero-order chi connectivity index (χ0) is 19.8. The van der Waals surface area contributed by atoms with Gasteiger partial charge >= 0.3 is 6.03 Å². The maximum atomic E-state index is 12.5. The van der Waals surface area contributed by atoms with Gasteiger partial charge in [0.05, 0.1) is 11.6 Å². The molecule has 1 aliphatic heterocycles. The molecule has 3 rings (SSSR count). The number of carbonyl (C=O) groups is 1. The molecule has 0 spiro atoms. The van der Waals surface area contributed by atoms with Crippen molar-refractivity contribution < 1.29 is 4.79 Å². The first-order valence-corrected chi connectivity index (χ1v) is 9.88. The van der Waals surface area contributed by atoms with Gasteiger partial charge in [-0.2, -0.15) is 5.26 Å². The van der Waals surface area contributed by atoms with Gasteiger partial charge in [0.15, 0.2) is 0 Å². The molecule has 0 radical (unpaired) electrons. The van der Waals surface area contributed by atoms with Crippen LogP contribution >= 0.6 is 0 Å². The first kappa shape index (κ1) is 19.9. The second-order valence-electron chi connectivity index (χ2n) is 7.58. The Labute approximate surface area is 167 Å². The minimum atomic E-state index is -0.0671. The van der Waals surface area contributed by atoms with Crippen molar-refractivity contribution in [2.45, 2.75) is 25.9 Å². The highest BCUT2D eigenvalue weighted by molar-refractivity contribution is 5.73. The van der Waals surface area contributed by atoms with Crippen LogP contribution in [0.3, 0.4) is 0 Å². The van der Waals surface area contributed by atoms with Crippen LogP contribution < -0.4 is 5.32 Å².